The Morgan fingerprint density at radius 1 is 1.21 bits per heavy atom. The number of urea groups is 1. The van der Waals surface area contributed by atoms with Crippen molar-refractivity contribution < 1.29 is 14.4 Å². The molecule has 0 radical (unpaired) electrons. The third-order valence-electron chi connectivity index (χ3n) is 3.38. The van der Waals surface area contributed by atoms with E-state index in [9.17, 15) is 9.59 Å². The number of carbonyl (C=O) groups excluding carboxylic acids is 2. The molecular formula is C16H16N4O3S. The molecule has 0 fully saturated rings. The van der Waals surface area contributed by atoms with Crippen LogP contribution in [0.2, 0.25) is 0 Å². The van der Waals surface area contributed by atoms with E-state index in [0.717, 1.165) is 16.2 Å². The summed E-state index contributed by atoms with van der Waals surface area (Å²) in [6, 6.07) is 10.6. The largest absolute Gasteiger partial charge is 0.382 e. The monoisotopic (exact) mass is 344 g/mol. The number of nitrogens with one attached hydrogen (secondary N) is 3. The molecule has 0 bridgehead atoms. The van der Waals surface area contributed by atoms with Crippen LogP contribution in [0.15, 0.2) is 46.9 Å². The summed E-state index contributed by atoms with van der Waals surface area (Å²) in [6.07, 6.45) is -0.380. The van der Waals surface area contributed by atoms with E-state index in [1.807, 2.05) is 36.6 Å². The molecule has 2 aromatic rings. The van der Waals surface area contributed by atoms with Crippen LogP contribution in [0.3, 0.4) is 0 Å². The molecule has 3 amide bonds. The second-order valence-electron chi connectivity index (χ2n) is 5.25. The number of hydrogen-bond donors (Lipinski definition) is 3. The zero-order valence-electron chi connectivity index (χ0n) is 12.9. The molecule has 3 N–H and O–H groups in total. The maximum absolute atomic E-state index is 12.0. The zero-order chi connectivity index (χ0) is 16.9. The second kappa shape index (κ2) is 7.14. The first-order valence-electron chi connectivity index (χ1n) is 7.32. The molecule has 8 heteroatoms. The van der Waals surface area contributed by atoms with Crippen LogP contribution >= 0.6 is 11.3 Å². The molecule has 1 aliphatic rings. The molecule has 2 heterocycles. The van der Waals surface area contributed by atoms with Gasteiger partial charge in [-0.25, -0.2) is 10.2 Å². The Morgan fingerprint density at radius 3 is 2.71 bits per heavy atom. The van der Waals surface area contributed by atoms with Gasteiger partial charge in [0.1, 0.15) is 5.71 Å². The molecule has 1 aliphatic heterocycles. The summed E-state index contributed by atoms with van der Waals surface area (Å²) in [5.74, 6) is -0.454. The van der Waals surface area contributed by atoms with Gasteiger partial charge in [0, 0.05) is 12.1 Å². The lowest BCUT2D eigenvalue weighted by Crippen LogP contribution is -2.48. The maximum atomic E-state index is 12.0. The predicted octanol–water partition coefficient (Wildman–Crippen LogP) is 2.40. The quantitative estimate of drug-likeness (QED) is 0.747. The zero-order valence-corrected chi connectivity index (χ0v) is 13.7. The average Bonchev–Trinajstić information content (AvgIpc) is 3.25. The number of carbonyl (C=O) groups is 2. The number of oxime groups is 1. The molecule has 7 nitrogen and oxygen atoms in total. The summed E-state index contributed by atoms with van der Waals surface area (Å²) in [6.45, 7) is 1.96. The van der Waals surface area contributed by atoms with Crippen molar-refractivity contribution in [3.63, 3.8) is 0 Å². The number of benzene rings is 1. The van der Waals surface area contributed by atoms with Crippen molar-refractivity contribution in [2.75, 3.05) is 5.32 Å². The van der Waals surface area contributed by atoms with Crippen LogP contribution in [0.1, 0.15) is 16.9 Å². The van der Waals surface area contributed by atoms with Crippen LogP contribution in [0, 0.1) is 6.92 Å². The number of aryl methyl sites for hydroxylation is 1. The van der Waals surface area contributed by atoms with E-state index in [2.05, 4.69) is 21.3 Å². The number of nitrogens with zero attached hydrogens (tertiary/aromatic N) is 1. The van der Waals surface area contributed by atoms with Gasteiger partial charge in [-0.15, -0.1) is 11.3 Å². The van der Waals surface area contributed by atoms with Crippen LogP contribution in [-0.4, -0.2) is 23.8 Å². The molecule has 124 valence electrons. The SMILES string of the molecule is Cc1ccc(NC(=O)NNC(=O)[C@H]2CC(c3cccs3)=NO2)cc1. The highest BCUT2D eigenvalue weighted by Gasteiger charge is 2.29. The summed E-state index contributed by atoms with van der Waals surface area (Å²) in [4.78, 5) is 29.9. The van der Waals surface area contributed by atoms with Crippen LogP contribution in [0.4, 0.5) is 10.5 Å². The maximum Gasteiger partial charge on any atom is 0.337 e. The van der Waals surface area contributed by atoms with Crippen LogP contribution in [-0.2, 0) is 9.63 Å². The molecule has 1 aromatic carbocycles. The average molecular weight is 344 g/mol. The second-order valence-corrected chi connectivity index (χ2v) is 6.20. The number of thiophene rings is 1. The summed E-state index contributed by atoms with van der Waals surface area (Å²) in [5.41, 5.74) is 7.07. The minimum atomic E-state index is -0.748. The first-order chi connectivity index (χ1) is 11.6. The number of hydrogen-bond acceptors (Lipinski definition) is 5. The van der Waals surface area contributed by atoms with Gasteiger partial charge < -0.3 is 10.2 Å². The van der Waals surface area contributed by atoms with Gasteiger partial charge in [-0.1, -0.05) is 28.9 Å². The lowest BCUT2D eigenvalue weighted by molar-refractivity contribution is -0.131. The third-order valence-corrected chi connectivity index (χ3v) is 4.29. The van der Waals surface area contributed by atoms with Crippen molar-refractivity contribution in [1.82, 2.24) is 10.9 Å². The highest BCUT2D eigenvalue weighted by molar-refractivity contribution is 7.12. The van der Waals surface area contributed by atoms with E-state index in [1.54, 1.807) is 12.1 Å². The number of rotatable bonds is 3. The van der Waals surface area contributed by atoms with E-state index in [-0.39, 0.29) is 0 Å². The van der Waals surface area contributed by atoms with Crippen molar-refractivity contribution in [3.05, 3.63) is 52.2 Å². The highest BCUT2D eigenvalue weighted by atomic mass is 32.1. The molecule has 0 aliphatic carbocycles. The van der Waals surface area contributed by atoms with Gasteiger partial charge in [-0.05, 0) is 30.5 Å². The van der Waals surface area contributed by atoms with Crippen molar-refractivity contribution in [1.29, 1.82) is 0 Å². The van der Waals surface area contributed by atoms with Crippen LogP contribution in [0.25, 0.3) is 0 Å². The first kappa shape index (κ1) is 16.0. The first-order valence-corrected chi connectivity index (χ1v) is 8.20. The standard InChI is InChI=1S/C16H16N4O3S/c1-10-4-6-11(7-5-10)17-16(22)19-18-15(21)13-9-12(20-23-13)14-3-2-8-24-14/h2-8,13H,9H2,1H3,(H,18,21)(H2,17,19,22)/t13-/m1/s1. The summed E-state index contributed by atoms with van der Waals surface area (Å²) in [5, 5.41) is 8.47. The minimum absolute atomic E-state index is 0.369. The molecule has 0 saturated heterocycles. The smallest absolute Gasteiger partial charge is 0.337 e. The lowest BCUT2D eigenvalue weighted by Gasteiger charge is -2.11. The van der Waals surface area contributed by atoms with Crippen LogP contribution < -0.4 is 16.2 Å². The van der Waals surface area contributed by atoms with Gasteiger partial charge in [-0.3, -0.25) is 10.2 Å². The normalized spacial score (nSPS) is 16.0. The van der Waals surface area contributed by atoms with E-state index >= 15 is 0 Å². The fraction of sp³-hybridized carbons (Fsp3) is 0.188. The van der Waals surface area contributed by atoms with Gasteiger partial charge in [-0.2, -0.15) is 0 Å². The molecular weight excluding hydrogens is 328 g/mol. The van der Waals surface area contributed by atoms with Gasteiger partial charge in [0.05, 0.1) is 4.88 Å². The Balaban J connectivity index is 1.44. The Labute approximate surface area is 142 Å². The van der Waals surface area contributed by atoms with Gasteiger partial charge in [0.2, 0.25) is 6.10 Å². The van der Waals surface area contributed by atoms with Gasteiger partial charge in [0.15, 0.2) is 0 Å². The number of amides is 3. The van der Waals surface area contributed by atoms with E-state index < -0.39 is 18.0 Å². The van der Waals surface area contributed by atoms with E-state index in [1.165, 1.54) is 11.3 Å². The molecule has 24 heavy (non-hydrogen) atoms. The number of anilines is 1. The summed E-state index contributed by atoms with van der Waals surface area (Å²) < 4.78 is 0. The van der Waals surface area contributed by atoms with Crippen molar-refractivity contribution >= 4 is 34.7 Å². The fourth-order valence-corrected chi connectivity index (χ4v) is 2.82. The minimum Gasteiger partial charge on any atom is -0.382 e. The Hall–Kier alpha value is -2.87. The Morgan fingerprint density at radius 2 is 2.00 bits per heavy atom. The van der Waals surface area contributed by atoms with Crippen molar-refractivity contribution in [3.8, 4) is 0 Å². The van der Waals surface area contributed by atoms with E-state index in [0.29, 0.717) is 12.1 Å². The van der Waals surface area contributed by atoms with Gasteiger partial charge >= 0.3 is 6.03 Å². The molecule has 0 unspecified atom stereocenters. The summed E-state index contributed by atoms with van der Waals surface area (Å²) in [7, 11) is 0. The third kappa shape index (κ3) is 3.90. The molecule has 1 aromatic heterocycles. The number of hydrazine groups is 1. The topological polar surface area (TPSA) is 91.8 Å². The lowest BCUT2D eigenvalue weighted by atomic mass is 10.1. The molecule has 0 spiro atoms. The van der Waals surface area contributed by atoms with E-state index in [4.69, 9.17) is 4.84 Å². The Kier molecular flexibility index (Phi) is 4.76. The summed E-state index contributed by atoms with van der Waals surface area (Å²) >= 11 is 1.53. The predicted molar refractivity (Wildman–Crippen MR) is 91.8 cm³/mol. The van der Waals surface area contributed by atoms with Gasteiger partial charge in [0.25, 0.3) is 5.91 Å². The van der Waals surface area contributed by atoms with Crippen LogP contribution in [0.5, 0.6) is 0 Å². The molecule has 1 atom stereocenters. The van der Waals surface area contributed by atoms with Crippen molar-refractivity contribution in [2.45, 2.75) is 19.4 Å². The fourth-order valence-electron chi connectivity index (χ4n) is 2.10. The Bertz CT molecular complexity index is 756. The van der Waals surface area contributed by atoms with Crippen molar-refractivity contribution in [2.24, 2.45) is 5.16 Å². The highest BCUT2D eigenvalue weighted by Crippen LogP contribution is 2.20. The molecule has 3 rings (SSSR count). The molecule has 0 saturated carbocycles.